The highest BCUT2D eigenvalue weighted by atomic mass is 16.4. The van der Waals surface area contributed by atoms with Crippen molar-refractivity contribution in [2.24, 2.45) is 40.4 Å². The van der Waals surface area contributed by atoms with Gasteiger partial charge in [-0.1, -0.05) is 32.4 Å². The molecule has 0 heterocycles. The summed E-state index contributed by atoms with van der Waals surface area (Å²) < 4.78 is 0. The molecular weight excluding hydrogens is 352 g/mol. The highest BCUT2D eigenvalue weighted by Crippen LogP contribution is 2.66. The Labute approximate surface area is 169 Å². The van der Waals surface area contributed by atoms with Crippen molar-refractivity contribution in [1.29, 1.82) is 0 Å². The van der Waals surface area contributed by atoms with Gasteiger partial charge in [0.05, 0.1) is 12.2 Å². The number of rotatable bonds is 4. The second-order valence-corrected chi connectivity index (χ2v) is 10.9. The fraction of sp³-hybridized carbons (Fsp3) is 0.875. The summed E-state index contributed by atoms with van der Waals surface area (Å²) in [5, 5.41) is 30.7. The van der Waals surface area contributed by atoms with Gasteiger partial charge in [-0.3, -0.25) is 4.79 Å². The second kappa shape index (κ2) is 7.12. The molecule has 4 nitrogen and oxygen atoms in total. The molecule has 4 rings (SSSR count). The van der Waals surface area contributed by atoms with Crippen LogP contribution in [0.5, 0.6) is 0 Å². The number of carbonyl (C=O) groups is 1. The molecule has 0 aromatic heterocycles. The lowest BCUT2D eigenvalue weighted by Crippen LogP contribution is -2.55. The van der Waals surface area contributed by atoms with E-state index in [1.807, 2.05) is 0 Å². The molecule has 3 unspecified atom stereocenters. The number of carboxylic acids is 1. The van der Waals surface area contributed by atoms with Crippen molar-refractivity contribution in [3.63, 3.8) is 0 Å². The molecule has 0 spiro atoms. The number of hydrogen-bond donors (Lipinski definition) is 3. The molecule has 0 amide bonds. The molecule has 3 N–H and O–H groups in total. The lowest BCUT2D eigenvalue weighted by Gasteiger charge is -2.59. The number of hydrogen-bond acceptors (Lipinski definition) is 3. The van der Waals surface area contributed by atoms with Gasteiger partial charge in [0.25, 0.3) is 0 Å². The van der Waals surface area contributed by atoms with Crippen molar-refractivity contribution in [3.8, 4) is 0 Å². The SMILES string of the molecule is C[C@H](CCC(=O)O)[C@H]1CC[C@H]2C3=CCC4CC(O)CC[C@]4(C)[C@H]3CC(O)[C@]12C. The van der Waals surface area contributed by atoms with Crippen LogP contribution >= 0.6 is 0 Å². The van der Waals surface area contributed by atoms with Gasteiger partial charge < -0.3 is 15.3 Å². The lowest BCUT2D eigenvalue weighted by atomic mass is 9.47. The maximum atomic E-state index is 11.4. The molecule has 0 bridgehead atoms. The maximum absolute atomic E-state index is 11.4. The van der Waals surface area contributed by atoms with Crippen LogP contribution in [0.25, 0.3) is 0 Å². The lowest BCUT2D eigenvalue weighted by molar-refractivity contribution is -0.137. The quantitative estimate of drug-likeness (QED) is 0.622. The standard InChI is InChI=1S/C24H38O4/c1-14(4-9-22(27)28)18-7-8-19-17-6-5-15-12-16(25)10-11-23(15,2)20(17)13-21(26)24(18,19)3/h6,14-16,18-21,25-26H,4-5,7-13H2,1-3H3,(H,27,28)/t14-,15?,16?,18-,19+,20+,21?,23+,24-/m1/s1. The predicted octanol–water partition coefficient (Wildman–Crippen LogP) is 4.40. The van der Waals surface area contributed by atoms with Crippen LogP contribution in [0, 0.1) is 40.4 Å². The van der Waals surface area contributed by atoms with Crippen molar-refractivity contribution in [2.75, 3.05) is 0 Å². The Morgan fingerprint density at radius 1 is 1.18 bits per heavy atom. The van der Waals surface area contributed by atoms with Crippen molar-refractivity contribution < 1.29 is 20.1 Å². The summed E-state index contributed by atoms with van der Waals surface area (Å²) in [6, 6.07) is 0. The van der Waals surface area contributed by atoms with Gasteiger partial charge in [0, 0.05) is 11.8 Å². The zero-order valence-electron chi connectivity index (χ0n) is 17.7. The van der Waals surface area contributed by atoms with E-state index in [4.69, 9.17) is 5.11 Å². The normalized spacial score (nSPS) is 48.8. The number of aliphatic hydroxyl groups excluding tert-OH is 2. The molecule has 0 radical (unpaired) electrons. The Bertz CT molecular complexity index is 657. The minimum absolute atomic E-state index is 0.127. The van der Waals surface area contributed by atoms with Gasteiger partial charge in [-0.05, 0) is 86.4 Å². The Kier molecular flexibility index (Phi) is 5.19. The van der Waals surface area contributed by atoms with Gasteiger partial charge in [0.2, 0.25) is 0 Å². The van der Waals surface area contributed by atoms with E-state index in [1.54, 1.807) is 5.57 Å². The van der Waals surface area contributed by atoms with Crippen LogP contribution in [-0.4, -0.2) is 33.5 Å². The second-order valence-electron chi connectivity index (χ2n) is 10.9. The number of fused-ring (bicyclic) bond motifs is 5. The van der Waals surface area contributed by atoms with Crippen molar-refractivity contribution in [1.82, 2.24) is 0 Å². The highest BCUT2D eigenvalue weighted by molar-refractivity contribution is 5.66. The molecule has 4 aliphatic carbocycles. The summed E-state index contributed by atoms with van der Waals surface area (Å²) in [4.78, 5) is 11.0. The van der Waals surface area contributed by atoms with E-state index >= 15 is 0 Å². The molecule has 0 aromatic carbocycles. The van der Waals surface area contributed by atoms with Crippen molar-refractivity contribution in [2.45, 2.75) is 90.8 Å². The van der Waals surface area contributed by atoms with Crippen LogP contribution in [0.2, 0.25) is 0 Å². The summed E-state index contributed by atoms with van der Waals surface area (Å²) in [6.07, 6.45) is 9.93. The van der Waals surface area contributed by atoms with Gasteiger partial charge in [0.15, 0.2) is 0 Å². The van der Waals surface area contributed by atoms with E-state index in [9.17, 15) is 15.0 Å². The maximum Gasteiger partial charge on any atom is 0.303 e. The third-order valence-electron chi connectivity index (χ3n) is 9.74. The number of allylic oxidation sites excluding steroid dienone is 2. The predicted molar refractivity (Wildman–Crippen MR) is 109 cm³/mol. The topological polar surface area (TPSA) is 77.8 Å². The van der Waals surface area contributed by atoms with Crippen molar-refractivity contribution >= 4 is 5.97 Å². The van der Waals surface area contributed by atoms with Crippen LogP contribution in [0.1, 0.15) is 78.6 Å². The summed E-state index contributed by atoms with van der Waals surface area (Å²) >= 11 is 0. The molecule has 3 saturated carbocycles. The summed E-state index contributed by atoms with van der Waals surface area (Å²) in [6.45, 7) is 6.89. The zero-order chi connectivity index (χ0) is 20.3. The first-order valence-corrected chi connectivity index (χ1v) is 11.5. The van der Waals surface area contributed by atoms with Gasteiger partial charge in [-0.15, -0.1) is 0 Å². The number of aliphatic hydroxyl groups is 2. The Morgan fingerprint density at radius 2 is 1.93 bits per heavy atom. The third kappa shape index (κ3) is 2.98. The molecule has 158 valence electrons. The molecule has 3 fully saturated rings. The first kappa shape index (κ1) is 20.4. The van der Waals surface area contributed by atoms with Gasteiger partial charge in [-0.25, -0.2) is 0 Å². The zero-order valence-corrected chi connectivity index (χ0v) is 17.7. The van der Waals surface area contributed by atoms with Crippen LogP contribution < -0.4 is 0 Å². The van der Waals surface area contributed by atoms with E-state index in [2.05, 4.69) is 26.8 Å². The van der Waals surface area contributed by atoms with E-state index in [0.29, 0.717) is 36.0 Å². The molecule has 4 heteroatoms. The number of aliphatic carboxylic acids is 1. The average Bonchev–Trinajstić information content (AvgIpc) is 3.00. The first-order chi connectivity index (χ1) is 13.2. The van der Waals surface area contributed by atoms with Crippen LogP contribution in [0.4, 0.5) is 0 Å². The molecule has 0 aromatic rings. The smallest absolute Gasteiger partial charge is 0.303 e. The third-order valence-corrected chi connectivity index (χ3v) is 9.74. The largest absolute Gasteiger partial charge is 0.481 e. The summed E-state index contributed by atoms with van der Waals surface area (Å²) in [5.74, 6) is 1.42. The number of carboxylic acid groups (broad SMARTS) is 1. The molecule has 9 atom stereocenters. The molecule has 0 aliphatic heterocycles. The van der Waals surface area contributed by atoms with Crippen LogP contribution in [0.15, 0.2) is 11.6 Å². The van der Waals surface area contributed by atoms with E-state index < -0.39 is 5.97 Å². The minimum atomic E-state index is -0.718. The fourth-order valence-corrected chi connectivity index (χ4v) is 7.97. The van der Waals surface area contributed by atoms with E-state index in [-0.39, 0.29) is 29.5 Å². The van der Waals surface area contributed by atoms with Crippen LogP contribution in [-0.2, 0) is 4.79 Å². The van der Waals surface area contributed by atoms with Crippen molar-refractivity contribution in [3.05, 3.63) is 11.6 Å². The highest BCUT2D eigenvalue weighted by Gasteiger charge is 2.61. The monoisotopic (exact) mass is 390 g/mol. The Hall–Kier alpha value is -0.870. The Balaban J connectivity index is 1.61. The summed E-state index contributed by atoms with van der Waals surface area (Å²) in [5.41, 5.74) is 1.67. The fourth-order valence-electron chi connectivity index (χ4n) is 7.97. The average molecular weight is 391 g/mol. The Morgan fingerprint density at radius 3 is 2.64 bits per heavy atom. The first-order valence-electron chi connectivity index (χ1n) is 11.5. The van der Waals surface area contributed by atoms with Gasteiger partial charge >= 0.3 is 5.97 Å². The summed E-state index contributed by atoms with van der Waals surface area (Å²) in [7, 11) is 0. The molecular formula is C24H38O4. The molecule has 4 aliphatic rings. The minimum Gasteiger partial charge on any atom is -0.481 e. The molecule has 28 heavy (non-hydrogen) atoms. The van der Waals surface area contributed by atoms with E-state index in [1.165, 1.54) is 0 Å². The van der Waals surface area contributed by atoms with Gasteiger partial charge in [-0.2, -0.15) is 0 Å². The van der Waals surface area contributed by atoms with Gasteiger partial charge in [0.1, 0.15) is 0 Å². The molecule has 0 saturated heterocycles. The van der Waals surface area contributed by atoms with E-state index in [0.717, 1.165) is 44.9 Å². The van der Waals surface area contributed by atoms with Crippen LogP contribution in [0.3, 0.4) is 0 Å².